The summed E-state index contributed by atoms with van der Waals surface area (Å²) in [5.74, 6) is 1.31. The molecule has 1 aromatic rings. The third kappa shape index (κ3) is 7.35. The number of nitrogens with zero attached hydrogens (tertiary/aromatic N) is 2. The number of rotatable bonds is 7. The zero-order valence-corrected chi connectivity index (χ0v) is 17.5. The van der Waals surface area contributed by atoms with Crippen molar-refractivity contribution in [1.29, 1.82) is 0 Å². The predicted octanol–water partition coefficient (Wildman–Crippen LogP) is 3.14. The lowest BCUT2D eigenvalue weighted by molar-refractivity contribution is 0.181. The van der Waals surface area contributed by atoms with Crippen LogP contribution in [0, 0.1) is 11.7 Å². The number of hydrogen-bond acceptors (Lipinski definition) is 3. The molecule has 2 atom stereocenters. The Hall–Kier alpha value is -1.09. The van der Waals surface area contributed by atoms with Crippen LogP contribution in [0.15, 0.2) is 29.3 Å². The second-order valence-corrected chi connectivity index (χ2v) is 6.16. The maximum Gasteiger partial charge on any atom is 0.193 e. The molecule has 142 valence electrons. The molecule has 0 saturated carbocycles. The summed E-state index contributed by atoms with van der Waals surface area (Å²) in [5.41, 5.74) is 0. The van der Waals surface area contributed by atoms with Gasteiger partial charge < -0.3 is 19.7 Å². The number of halogens is 2. The monoisotopic (exact) mass is 465 g/mol. The number of nitrogens with one attached hydrogen (secondary N) is 1. The first kappa shape index (κ1) is 22.0. The Morgan fingerprint density at radius 2 is 2.24 bits per heavy atom. The van der Waals surface area contributed by atoms with Gasteiger partial charge in [-0.15, -0.1) is 24.0 Å². The Kier molecular flexibility index (Phi) is 10.1. The molecule has 2 unspecified atom stereocenters. The fourth-order valence-corrected chi connectivity index (χ4v) is 2.68. The number of benzene rings is 1. The first-order valence-corrected chi connectivity index (χ1v) is 8.58. The molecule has 5 nitrogen and oxygen atoms in total. The minimum Gasteiger partial charge on any atom is -0.486 e. The highest BCUT2D eigenvalue weighted by molar-refractivity contribution is 14.0. The molecule has 7 heteroatoms. The molecule has 2 rings (SSSR count). The maximum atomic E-state index is 13.6. The molecule has 0 amide bonds. The molecular weight excluding hydrogens is 436 g/mol. The van der Waals surface area contributed by atoms with E-state index in [1.807, 2.05) is 20.9 Å². The predicted molar refractivity (Wildman–Crippen MR) is 109 cm³/mol. The summed E-state index contributed by atoms with van der Waals surface area (Å²) in [6, 6.07) is 6.44. The molecule has 1 N–H and O–H groups in total. The highest BCUT2D eigenvalue weighted by Crippen LogP contribution is 2.17. The van der Waals surface area contributed by atoms with Crippen molar-refractivity contribution in [1.82, 2.24) is 10.2 Å². The summed E-state index contributed by atoms with van der Waals surface area (Å²) >= 11 is 0. The van der Waals surface area contributed by atoms with Crippen molar-refractivity contribution in [3.8, 4) is 5.75 Å². The van der Waals surface area contributed by atoms with Gasteiger partial charge in [0.05, 0.1) is 13.2 Å². The average Bonchev–Trinajstić information content (AvgIpc) is 3.06. The standard InChI is InChI=1S/C18H28FN3O2.HI/c1-4-20-18(22(3)12-15-9-10-23-13-15)21-11-14(2)24-17-8-6-5-7-16(17)19;/h5-8,14-15H,4,9-13H2,1-3H3,(H,20,21);1H. The van der Waals surface area contributed by atoms with Crippen LogP contribution in [-0.4, -0.2) is 56.9 Å². The third-order valence-corrected chi connectivity index (χ3v) is 3.92. The van der Waals surface area contributed by atoms with Crippen molar-refractivity contribution < 1.29 is 13.9 Å². The largest absolute Gasteiger partial charge is 0.486 e. The Labute approximate surface area is 167 Å². The summed E-state index contributed by atoms with van der Waals surface area (Å²) in [6.07, 6.45) is 0.884. The minimum absolute atomic E-state index is 0. The molecule has 1 aliphatic heterocycles. The number of guanidine groups is 1. The van der Waals surface area contributed by atoms with E-state index in [0.717, 1.165) is 38.7 Å². The molecule has 1 aromatic carbocycles. The summed E-state index contributed by atoms with van der Waals surface area (Å²) < 4.78 is 24.7. The van der Waals surface area contributed by atoms with Gasteiger partial charge in [-0.3, -0.25) is 0 Å². The molecule has 1 saturated heterocycles. The number of para-hydroxylation sites is 1. The zero-order chi connectivity index (χ0) is 17.4. The first-order chi connectivity index (χ1) is 11.6. The van der Waals surface area contributed by atoms with Gasteiger partial charge in [-0.2, -0.15) is 0 Å². The number of aliphatic imine (C=N–C) groups is 1. The second kappa shape index (κ2) is 11.5. The van der Waals surface area contributed by atoms with Gasteiger partial charge in [0, 0.05) is 32.7 Å². The van der Waals surface area contributed by atoms with Crippen LogP contribution in [0.1, 0.15) is 20.3 Å². The van der Waals surface area contributed by atoms with E-state index in [2.05, 4.69) is 15.2 Å². The second-order valence-electron chi connectivity index (χ2n) is 6.16. The fraction of sp³-hybridized carbons (Fsp3) is 0.611. The highest BCUT2D eigenvalue weighted by Gasteiger charge is 2.19. The number of ether oxygens (including phenoxy) is 2. The van der Waals surface area contributed by atoms with E-state index in [1.165, 1.54) is 6.07 Å². The van der Waals surface area contributed by atoms with Gasteiger partial charge in [-0.05, 0) is 32.4 Å². The quantitative estimate of drug-likeness (QED) is 0.382. The van der Waals surface area contributed by atoms with Crippen LogP contribution in [0.3, 0.4) is 0 Å². The Balaban J connectivity index is 0.00000312. The van der Waals surface area contributed by atoms with E-state index in [1.54, 1.807) is 18.2 Å². The molecule has 0 aliphatic carbocycles. The van der Waals surface area contributed by atoms with Gasteiger partial charge in [0.2, 0.25) is 0 Å². The Morgan fingerprint density at radius 3 is 2.88 bits per heavy atom. The lowest BCUT2D eigenvalue weighted by Gasteiger charge is -2.25. The molecule has 1 aliphatic rings. The number of hydrogen-bond donors (Lipinski definition) is 1. The normalized spacial score (nSPS) is 18.4. The van der Waals surface area contributed by atoms with Crippen LogP contribution in [0.5, 0.6) is 5.75 Å². The zero-order valence-electron chi connectivity index (χ0n) is 15.2. The summed E-state index contributed by atoms with van der Waals surface area (Å²) in [7, 11) is 2.03. The average molecular weight is 465 g/mol. The van der Waals surface area contributed by atoms with Crippen LogP contribution in [0.25, 0.3) is 0 Å². The topological polar surface area (TPSA) is 46.1 Å². The van der Waals surface area contributed by atoms with Crippen molar-refractivity contribution in [2.45, 2.75) is 26.4 Å². The molecule has 0 aromatic heterocycles. The lowest BCUT2D eigenvalue weighted by atomic mass is 10.1. The van der Waals surface area contributed by atoms with Crippen LogP contribution < -0.4 is 10.1 Å². The van der Waals surface area contributed by atoms with Crippen LogP contribution in [0.4, 0.5) is 4.39 Å². The smallest absolute Gasteiger partial charge is 0.193 e. The first-order valence-electron chi connectivity index (χ1n) is 8.58. The van der Waals surface area contributed by atoms with E-state index in [9.17, 15) is 4.39 Å². The summed E-state index contributed by atoms with van der Waals surface area (Å²) in [5, 5.41) is 3.29. The third-order valence-electron chi connectivity index (χ3n) is 3.92. The fourth-order valence-electron chi connectivity index (χ4n) is 2.68. The molecular formula is C18H29FIN3O2. The van der Waals surface area contributed by atoms with Gasteiger partial charge in [-0.1, -0.05) is 12.1 Å². The van der Waals surface area contributed by atoms with Crippen LogP contribution in [0.2, 0.25) is 0 Å². The van der Waals surface area contributed by atoms with Crippen molar-refractivity contribution in [2.24, 2.45) is 10.9 Å². The molecule has 0 radical (unpaired) electrons. The van der Waals surface area contributed by atoms with Gasteiger partial charge in [0.1, 0.15) is 6.10 Å². The van der Waals surface area contributed by atoms with Crippen LogP contribution in [-0.2, 0) is 4.74 Å². The molecule has 0 spiro atoms. The Morgan fingerprint density at radius 1 is 1.48 bits per heavy atom. The van der Waals surface area contributed by atoms with Crippen molar-refractivity contribution >= 4 is 29.9 Å². The highest BCUT2D eigenvalue weighted by atomic mass is 127. The summed E-state index contributed by atoms with van der Waals surface area (Å²) in [4.78, 5) is 6.75. The summed E-state index contributed by atoms with van der Waals surface area (Å²) in [6.45, 7) is 7.77. The van der Waals surface area contributed by atoms with E-state index in [4.69, 9.17) is 9.47 Å². The van der Waals surface area contributed by atoms with Crippen LogP contribution >= 0.6 is 24.0 Å². The minimum atomic E-state index is -0.349. The molecule has 1 heterocycles. The SMILES string of the molecule is CCNC(=NCC(C)Oc1ccccc1F)N(C)CC1CCOC1.I. The van der Waals surface area contributed by atoms with Crippen molar-refractivity contribution in [2.75, 3.05) is 39.9 Å². The van der Waals surface area contributed by atoms with E-state index in [-0.39, 0.29) is 41.6 Å². The van der Waals surface area contributed by atoms with Gasteiger partial charge in [0.15, 0.2) is 17.5 Å². The van der Waals surface area contributed by atoms with E-state index >= 15 is 0 Å². The van der Waals surface area contributed by atoms with Crippen molar-refractivity contribution in [3.63, 3.8) is 0 Å². The van der Waals surface area contributed by atoms with E-state index in [0.29, 0.717) is 12.5 Å². The Bertz CT molecular complexity index is 539. The van der Waals surface area contributed by atoms with Crippen molar-refractivity contribution in [3.05, 3.63) is 30.1 Å². The maximum absolute atomic E-state index is 13.6. The molecule has 1 fully saturated rings. The lowest BCUT2D eigenvalue weighted by Crippen LogP contribution is -2.42. The van der Waals surface area contributed by atoms with Gasteiger partial charge >= 0.3 is 0 Å². The molecule has 0 bridgehead atoms. The van der Waals surface area contributed by atoms with Gasteiger partial charge in [0.25, 0.3) is 0 Å². The van der Waals surface area contributed by atoms with E-state index < -0.39 is 0 Å². The molecule has 25 heavy (non-hydrogen) atoms. The van der Waals surface area contributed by atoms with Gasteiger partial charge in [-0.25, -0.2) is 9.38 Å².